The van der Waals surface area contributed by atoms with E-state index in [-0.39, 0.29) is 11.0 Å². The van der Waals surface area contributed by atoms with Gasteiger partial charge in [0.05, 0.1) is 5.69 Å². The van der Waals surface area contributed by atoms with Crippen molar-refractivity contribution in [3.05, 3.63) is 27.7 Å². The second-order valence-corrected chi connectivity index (χ2v) is 4.01. The van der Waals surface area contributed by atoms with E-state index in [0.29, 0.717) is 0 Å². The van der Waals surface area contributed by atoms with Crippen molar-refractivity contribution in [3.63, 3.8) is 0 Å². The number of nitrogens with zero attached hydrogens (tertiary/aromatic N) is 1. The van der Waals surface area contributed by atoms with Crippen LogP contribution in [0.2, 0.25) is 0 Å². The Labute approximate surface area is 71.8 Å². The van der Waals surface area contributed by atoms with Crippen LogP contribution in [0.3, 0.4) is 0 Å². The molecule has 3 heteroatoms. The summed E-state index contributed by atoms with van der Waals surface area (Å²) in [5.41, 5.74) is 1.75. The van der Waals surface area contributed by atoms with Gasteiger partial charge in [-0.3, -0.25) is 4.79 Å². The number of aromatic amines is 1. The summed E-state index contributed by atoms with van der Waals surface area (Å²) in [7, 11) is 0. The van der Waals surface area contributed by atoms with Crippen LogP contribution in [0.15, 0.2) is 10.9 Å². The van der Waals surface area contributed by atoms with Gasteiger partial charge in [-0.05, 0) is 12.5 Å². The fourth-order valence-corrected chi connectivity index (χ4v) is 1.26. The SMILES string of the molecule is Cc1cc(=O)[nH]nc1C(C)(C)C. The Morgan fingerprint density at radius 2 is 2.00 bits per heavy atom. The van der Waals surface area contributed by atoms with Crippen molar-refractivity contribution >= 4 is 0 Å². The lowest BCUT2D eigenvalue weighted by Gasteiger charge is -2.18. The van der Waals surface area contributed by atoms with Gasteiger partial charge in [0.15, 0.2) is 0 Å². The first-order valence-electron chi connectivity index (χ1n) is 3.98. The second-order valence-electron chi connectivity index (χ2n) is 4.01. The molecule has 1 aromatic heterocycles. The van der Waals surface area contributed by atoms with E-state index in [1.54, 1.807) is 6.07 Å². The largest absolute Gasteiger partial charge is 0.268 e. The quantitative estimate of drug-likeness (QED) is 0.632. The van der Waals surface area contributed by atoms with Crippen molar-refractivity contribution in [1.29, 1.82) is 0 Å². The molecule has 0 bridgehead atoms. The lowest BCUT2D eigenvalue weighted by Crippen LogP contribution is -2.20. The van der Waals surface area contributed by atoms with Gasteiger partial charge in [-0.15, -0.1) is 0 Å². The Kier molecular flexibility index (Phi) is 2.04. The number of aromatic nitrogens is 2. The van der Waals surface area contributed by atoms with Gasteiger partial charge in [0.2, 0.25) is 0 Å². The van der Waals surface area contributed by atoms with Crippen molar-refractivity contribution in [2.45, 2.75) is 33.1 Å². The van der Waals surface area contributed by atoms with Crippen LogP contribution in [-0.4, -0.2) is 10.2 Å². The lowest BCUT2D eigenvalue weighted by atomic mass is 9.89. The van der Waals surface area contributed by atoms with Gasteiger partial charge < -0.3 is 0 Å². The number of H-pyrrole nitrogens is 1. The number of rotatable bonds is 0. The summed E-state index contributed by atoms with van der Waals surface area (Å²) < 4.78 is 0. The first kappa shape index (κ1) is 8.97. The molecule has 0 amide bonds. The fourth-order valence-electron chi connectivity index (χ4n) is 1.26. The Balaban J connectivity index is 3.28. The Morgan fingerprint density at radius 3 is 2.42 bits per heavy atom. The highest BCUT2D eigenvalue weighted by molar-refractivity contribution is 5.21. The van der Waals surface area contributed by atoms with Crippen molar-refractivity contribution in [2.75, 3.05) is 0 Å². The molecular weight excluding hydrogens is 152 g/mol. The van der Waals surface area contributed by atoms with E-state index in [9.17, 15) is 4.79 Å². The minimum absolute atomic E-state index is 0.00567. The molecule has 0 saturated carbocycles. The minimum Gasteiger partial charge on any atom is -0.268 e. The van der Waals surface area contributed by atoms with E-state index < -0.39 is 0 Å². The lowest BCUT2D eigenvalue weighted by molar-refractivity contribution is 0.552. The van der Waals surface area contributed by atoms with E-state index in [4.69, 9.17) is 0 Å². The van der Waals surface area contributed by atoms with Crippen molar-refractivity contribution in [1.82, 2.24) is 10.2 Å². The highest BCUT2D eigenvalue weighted by Gasteiger charge is 2.17. The topological polar surface area (TPSA) is 45.8 Å². The maximum absolute atomic E-state index is 10.9. The van der Waals surface area contributed by atoms with E-state index in [2.05, 4.69) is 31.0 Å². The third-order valence-electron chi connectivity index (χ3n) is 1.71. The first-order valence-corrected chi connectivity index (χ1v) is 3.98. The molecule has 1 heterocycles. The summed E-state index contributed by atoms with van der Waals surface area (Å²) in [6.45, 7) is 8.12. The zero-order chi connectivity index (χ0) is 9.35. The molecule has 12 heavy (non-hydrogen) atoms. The third-order valence-corrected chi connectivity index (χ3v) is 1.71. The van der Waals surface area contributed by atoms with E-state index in [1.807, 2.05) is 6.92 Å². The Morgan fingerprint density at radius 1 is 1.42 bits per heavy atom. The van der Waals surface area contributed by atoms with Crippen molar-refractivity contribution < 1.29 is 0 Å². The van der Waals surface area contributed by atoms with Crippen LogP contribution in [0.4, 0.5) is 0 Å². The second kappa shape index (κ2) is 2.73. The maximum Gasteiger partial charge on any atom is 0.264 e. The van der Waals surface area contributed by atoms with Gasteiger partial charge in [0.25, 0.3) is 5.56 Å². The van der Waals surface area contributed by atoms with Crippen LogP contribution in [0.5, 0.6) is 0 Å². The van der Waals surface area contributed by atoms with Crippen LogP contribution in [0.25, 0.3) is 0 Å². The zero-order valence-corrected chi connectivity index (χ0v) is 7.93. The summed E-state index contributed by atoms with van der Waals surface area (Å²) in [5.74, 6) is 0. The number of hydrogen-bond donors (Lipinski definition) is 1. The molecule has 1 rings (SSSR count). The van der Waals surface area contributed by atoms with Crippen LogP contribution in [0.1, 0.15) is 32.0 Å². The van der Waals surface area contributed by atoms with Crippen molar-refractivity contribution in [3.8, 4) is 0 Å². The smallest absolute Gasteiger partial charge is 0.264 e. The molecule has 0 aliphatic rings. The standard InChI is InChI=1S/C9H14N2O/c1-6-5-7(12)10-11-8(6)9(2,3)4/h5H,1-4H3,(H,10,12). The number of hydrogen-bond acceptors (Lipinski definition) is 2. The maximum atomic E-state index is 10.9. The molecule has 1 N–H and O–H groups in total. The molecule has 66 valence electrons. The van der Waals surface area contributed by atoms with E-state index in [1.165, 1.54) is 0 Å². The monoisotopic (exact) mass is 166 g/mol. The molecule has 0 radical (unpaired) electrons. The van der Waals surface area contributed by atoms with Gasteiger partial charge in [0, 0.05) is 11.5 Å². The van der Waals surface area contributed by atoms with Gasteiger partial charge >= 0.3 is 0 Å². The molecule has 0 aliphatic heterocycles. The molecule has 0 unspecified atom stereocenters. The molecule has 0 aromatic carbocycles. The number of aryl methyl sites for hydroxylation is 1. The zero-order valence-electron chi connectivity index (χ0n) is 7.93. The van der Waals surface area contributed by atoms with Gasteiger partial charge in [-0.25, -0.2) is 5.10 Å². The minimum atomic E-state index is -0.138. The molecule has 0 atom stereocenters. The summed E-state index contributed by atoms with van der Waals surface area (Å²) in [4.78, 5) is 10.9. The Bertz CT molecular complexity index is 333. The van der Waals surface area contributed by atoms with Crippen LogP contribution in [-0.2, 0) is 5.41 Å². The van der Waals surface area contributed by atoms with E-state index in [0.717, 1.165) is 11.3 Å². The predicted octanol–water partition coefficient (Wildman–Crippen LogP) is 1.38. The van der Waals surface area contributed by atoms with Crippen LogP contribution >= 0.6 is 0 Å². The van der Waals surface area contributed by atoms with E-state index >= 15 is 0 Å². The third kappa shape index (κ3) is 1.72. The average Bonchev–Trinajstić information content (AvgIpc) is 1.83. The first-order chi connectivity index (χ1) is 5.41. The molecule has 0 fully saturated rings. The fraction of sp³-hybridized carbons (Fsp3) is 0.556. The van der Waals surface area contributed by atoms with Gasteiger partial charge in [-0.2, -0.15) is 5.10 Å². The summed E-state index contributed by atoms with van der Waals surface area (Å²) in [6, 6.07) is 1.58. The molecule has 0 spiro atoms. The van der Waals surface area contributed by atoms with Gasteiger partial charge in [-0.1, -0.05) is 20.8 Å². The van der Waals surface area contributed by atoms with Gasteiger partial charge in [0.1, 0.15) is 0 Å². The number of nitrogens with one attached hydrogen (secondary N) is 1. The average molecular weight is 166 g/mol. The molecule has 0 aliphatic carbocycles. The molecule has 1 aromatic rings. The molecular formula is C9H14N2O. The van der Waals surface area contributed by atoms with Crippen LogP contribution < -0.4 is 5.56 Å². The normalized spacial score (nSPS) is 11.7. The molecule has 3 nitrogen and oxygen atoms in total. The predicted molar refractivity (Wildman–Crippen MR) is 48.3 cm³/mol. The summed E-state index contributed by atoms with van der Waals surface area (Å²) in [5, 5.41) is 6.45. The highest BCUT2D eigenvalue weighted by atomic mass is 16.1. The summed E-state index contributed by atoms with van der Waals surface area (Å²) in [6.07, 6.45) is 0. The van der Waals surface area contributed by atoms with Crippen molar-refractivity contribution in [2.24, 2.45) is 0 Å². The Hall–Kier alpha value is -1.12. The van der Waals surface area contributed by atoms with Crippen LogP contribution in [0, 0.1) is 6.92 Å². The summed E-state index contributed by atoms with van der Waals surface area (Å²) >= 11 is 0. The molecule has 0 saturated heterocycles. The highest BCUT2D eigenvalue weighted by Crippen LogP contribution is 2.20.